The molecule has 0 amide bonds. The third-order valence-electron chi connectivity index (χ3n) is 1.25. The van der Waals surface area contributed by atoms with Gasteiger partial charge in [0.1, 0.15) is 0 Å². The zero-order valence-corrected chi connectivity index (χ0v) is 7.27. The zero-order valence-electron chi connectivity index (χ0n) is 6.11. The summed E-state index contributed by atoms with van der Waals surface area (Å²) in [5.74, 6) is 0. The number of rotatable bonds is 5. The van der Waals surface area contributed by atoms with Gasteiger partial charge in [0.15, 0.2) is 0 Å². The van der Waals surface area contributed by atoms with E-state index in [0.29, 0.717) is 0 Å². The van der Waals surface area contributed by atoms with Gasteiger partial charge in [0.25, 0.3) is 0 Å². The SMILES string of the molecule is CCCC[SiH]CCC. The molecule has 0 aromatic rings. The summed E-state index contributed by atoms with van der Waals surface area (Å²) in [4.78, 5) is 0. The van der Waals surface area contributed by atoms with E-state index in [1.54, 1.807) is 0 Å². The van der Waals surface area contributed by atoms with E-state index in [2.05, 4.69) is 13.8 Å². The van der Waals surface area contributed by atoms with Gasteiger partial charge in [-0.3, -0.25) is 0 Å². The van der Waals surface area contributed by atoms with E-state index >= 15 is 0 Å². The molecule has 0 bridgehead atoms. The van der Waals surface area contributed by atoms with Crippen LogP contribution in [0.5, 0.6) is 0 Å². The molecule has 0 aliphatic rings. The van der Waals surface area contributed by atoms with E-state index in [0.717, 1.165) is 9.52 Å². The molecule has 0 N–H and O–H groups in total. The van der Waals surface area contributed by atoms with Gasteiger partial charge in [-0.15, -0.1) is 0 Å². The summed E-state index contributed by atoms with van der Waals surface area (Å²) in [6, 6.07) is 3.05. The quantitative estimate of drug-likeness (QED) is 0.395. The van der Waals surface area contributed by atoms with Gasteiger partial charge in [0.2, 0.25) is 0 Å². The Labute approximate surface area is 55.5 Å². The molecule has 0 fully saturated rings. The molecule has 0 aromatic heterocycles. The highest BCUT2D eigenvalue weighted by atomic mass is 28.2. The van der Waals surface area contributed by atoms with Crippen LogP contribution in [0.3, 0.4) is 0 Å². The number of hydrogen-bond acceptors (Lipinski definition) is 0. The van der Waals surface area contributed by atoms with Crippen LogP contribution in [0.4, 0.5) is 0 Å². The van der Waals surface area contributed by atoms with Crippen molar-refractivity contribution in [1.82, 2.24) is 0 Å². The molecule has 1 radical (unpaired) electrons. The average molecular weight is 129 g/mol. The van der Waals surface area contributed by atoms with Crippen LogP contribution >= 0.6 is 0 Å². The minimum absolute atomic E-state index is 0.820. The van der Waals surface area contributed by atoms with Gasteiger partial charge >= 0.3 is 0 Å². The molecule has 1 heteroatoms. The Balaban J connectivity index is 2.53. The van der Waals surface area contributed by atoms with Gasteiger partial charge in [-0.05, 0) is 0 Å². The molecule has 0 saturated carbocycles. The molecule has 0 aliphatic heterocycles. The Hall–Kier alpha value is 0.217. The van der Waals surface area contributed by atoms with Crippen molar-refractivity contribution in [1.29, 1.82) is 0 Å². The third kappa shape index (κ3) is 6.22. The fourth-order valence-corrected chi connectivity index (χ4v) is 2.09. The normalized spacial score (nSPS) is 9.75. The predicted molar refractivity (Wildman–Crippen MR) is 42.0 cm³/mol. The predicted octanol–water partition coefficient (Wildman–Crippen LogP) is 2.47. The standard InChI is InChI=1S/C7H17Si/c1-3-5-7-8-6-4-2/h8H,3-7H2,1-2H3. The largest absolute Gasteiger partial charge is 0.0657 e. The molecule has 8 heavy (non-hydrogen) atoms. The highest BCUT2D eigenvalue weighted by Crippen LogP contribution is 1.97. The molecule has 0 unspecified atom stereocenters. The summed E-state index contributed by atoms with van der Waals surface area (Å²) in [6.45, 7) is 4.55. The minimum Gasteiger partial charge on any atom is -0.0657 e. The van der Waals surface area contributed by atoms with E-state index in [1.807, 2.05) is 0 Å². The highest BCUT2D eigenvalue weighted by Gasteiger charge is 1.84. The van der Waals surface area contributed by atoms with Gasteiger partial charge in [-0.25, -0.2) is 0 Å². The van der Waals surface area contributed by atoms with Crippen molar-refractivity contribution >= 4 is 9.52 Å². The Morgan fingerprint density at radius 1 is 1.00 bits per heavy atom. The zero-order chi connectivity index (χ0) is 6.24. The van der Waals surface area contributed by atoms with Crippen LogP contribution in [0.1, 0.15) is 33.1 Å². The van der Waals surface area contributed by atoms with Crippen molar-refractivity contribution in [2.45, 2.75) is 45.2 Å². The molecule has 0 spiro atoms. The lowest BCUT2D eigenvalue weighted by atomic mass is 10.4. The first-order valence-corrected chi connectivity index (χ1v) is 5.36. The molecule has 0 aliphatic carbocycles. The summed E-state index contributed by atoms with van der Waals surface area (Å²) < 4.78 is 0. The topological polar surface area (TPSA) is 0 Å². The first-order valence-electron chi connectivity index (χ1n) is 3.73. The van der Waals surface area contributed by atoms with E-state index in [4.69, 9.17) is 0 Å². The lowest BCUT2D eigenvalue weighted by molar-refractivity contribution is 0.874. The Kier molecular flexibility index (Phi) is 7.41. The first-order chi connectivity index (χ1) is 3.91. The van der Waals surface area contributed by atoms with Crippen LogP contribution in [-0.2, 0) is 0 Å². The Bertz CT molecular complexity index is 29.4. The van der Waals surface area contributed by atoms with Crippen LogP contribution in [0.15, 0.2) is 0 Å². The van der Waals surface area contributed by atoms with Gasteiger partial charge in [-0.1, -0.05) is 45.2 Å². The lowest BCUT2D eigenvalue weighted by Crippen LogP contribution is -1.85. The van der Waals surface area contributed by atoms with Crippen LogP contribution < -0.4 is 0 Å². The maximum Gasteiger partial charge on any atom is 0.0280 e. The fraction of sp³-hybridized carbons (Fsp3) is 1.00. The second-order valence-electron chi connectivity index (χ2n) is 2.22. The van der Waals surface area contributed by atoms with Crippen molar-refractivity contribution in [3.63, 3.8) is 0 Å². The van der Waals surface area contributed by atoms with Crippen LogP contribution in [0.2, 0.25) is 12.1 Å². The van der Waals surface area contributed by atoms with Gasteiger partial charge < -0.3 is 0 Å². The summed E-state index contributed by atoms with van der Waals surface area (Å²) in [5.41, 5.74) is 0. The molecule has 0 rings (SSSR count). The molecule has 49 valence electrons. The Morgan fingerprint density at radius 3 is 2.25 bits per heavy atom. The Morgan fingerprint density at radius 2 is 1.75 bits per heavy atom. The van der Waals surface area contributed by atoms with E-state index in [-0.39, 0.29) is 0 Å². The summed E-state index contributed by atoms with van der Waals surface area (Å²) >= 11 is 0. The van der Waals surface area contributed by atoms with E-state index in [9.17, 15) is 0 Å². The van der Waals surface area contributed by atoms with Crippen molar-refractivity contribution in [3.05, 3.63) is 0 Å². The van der Waals surface area contributed by atoms with Crippen LogP contribution in [-0.4, -0.2) is 9.52 Å². The monoisotopic (exact) mass is 129 g/mol. The smallest absolute Gasteiger partial charge is 0.0280 e. The van der Waals surface area contributed by atoms with Crippen molar-refractivity contribution in [3.8, 4) is 0 Å². The lowest BCUT2D eigenvalue weighted by Gasteiger charge is -1.92. The second kappa shape index (κ2) is 7.22. The van der Waals surface area contributed by atoms with Crippen LogP contribution in [0, 0.1) is 0 Å². The summed E-state index contributed by atoms with van der Waals surface area (Å²) in [7, 11) is 0.820. The summed E-state index contributed by atoms with van der Waals surface area (Å²) in [5, 5.41) is 0. The molecular formula is C7H17Si. The number of hydrogen-bond donors (Lipinski definition) is 0. The molecule has 0 nitrogen and oxygen atoms in total. The maximum absolute atomic E-state index is 2.28. The van der Waals surface area contributed by atoms with Crippen molar-refractivity contribution in [2.24, 2.45) is 0 Å². The van der Waals surface area contributed by atoms with Crippen molar-refractivity contribution < 1.29 is 0 Å². The highest BCUT2D eigenvalue weighted by molar-refractivity contribution is 6.35. The third-order valence-corrected chi connectivity index (χ3v) is 3.06. The van der Waals surface area contributed by atoms with Crippen LogP contribution in [0.25, 0.3) is 0 Å². The molecule has 0 heterocycles. The minimum atomic E-state index is 0.820. The van der Waals surface area contributed by atoms with E-state index in [1.165, 1.54) is 31.4 Å². The molecule has 0 atom stereocenters. The second-order valence-corrected chi connectivity index (χ2v) is 3.95. The molecular weight excluding hydrogens is 112 g/mol. The molecule has 0 aromatic carbocycles. The van der Waals surface area contributed by atoms with Gasteiger partial charge in [0.05, 0.1) is 0 Å². The van der Waals surface area contributed by atoms with Gasteiger partial charge in [0, 0.05) is 9.52 Å². The van der Waals surface area contributed by atoms with Gasteiger partial charge in [-0.2, -0.15) is 0 Å². The first kappa shape index (κ1) is 8.22. The molecule has 0 saturated heterocycles. The average Bonchev–Trinajstić information content (AvgIpc) is 1.81. The van der Waals surface area contributed by atoms with E-state index < -0.39 is 0 Å². The summed E-state index contributed by atoms with van der Waals surface area (Å²) in [6.07, 6.45) is 4.26. The fourth-order valence-electron chi connectivity index (χ4n) is 0.697. The maximum atomic E-state index is 2.28. The van der Waals surface area contributed by atoms with Crippen molar-refractivity contribution in [2.75, 3.05) is 0 Å². The number of unbranched alkanes of at least 4 members (excludes halogenated alkanes) is 1.